The molecule has 0 saturated carbocycles. The van der Waals surface area contributed by atoms with Crippen LogP contribution in [0.15, 0.2) is 53.6 Å². The molecule has 28 heavy (non-hydrogen) atoms. The lowest BCUT2D eigenvalue weighted by atomic mass is 10.3. The summed E-state index contributed by atoms with van der Waals surface area (Å²) in [5, 5.41) is -0.280. The van der Waals surface area contributed by atoms with Crippen LogP contribution in [0.1, 0.15) is 31.3 Å². The number of hydrogen-bond donors (Lipinski definition) is 0. The van der Waals surface area contributed by atoms with Crippen LogP contribution < -0.4 is 0 Å². The van der Waals surface area contributed by atoms with Gasteiger partial charge in [-0.2, -0.15) is 0 Å². The Kier molecular flexibility index (Phi) is 6.85. The largest absolute Gasteiger partial charge is 0.324 e. The number of nitrogens with zero attached hydrogens (tertiary/aromatic N) is 3. The highest BCUT2D eigenvalue weighted by Crippen LogP contribution is 2.39. The maximum atomic E-state index is 13.1. The Balaban J connectivity index is 1.82. The highest BCUT2D eigenvalue weighted by Gasteiger charge is 2.36. The summed E-state index contributed by atoms with van der Waals surface area (Å²) in [5.41, 5.74) is 0.627. The van der Waals surface area contributed by atoms with Crippen LogP contribution in [-0.2, 0) is 14.8 Å². The Bertz CT molecular complexity index is 892. The normalized spacial score (nSPS) is 17.6. The third kappa shape index (κ3) is 4.29. The molecule has 0 radical (unpaired) electrons. The van der Waals surface area contributed by atoms with E-state index in [-0.39, 0.29) is 16.2 Å². The van der Waals surface area contributed by atoms with E-state index in [4.69, 9.17) is 0 Å². The number of benzene rings is 1. The first kappa shape index (κ1) is 21.0. The summed E-state index contributed by atoms with van der Waals surface area (Å²) < 4.78 is 27.5. The second-order valence-corrected chi connectivity index (χ2v) is 9.56. The molecule has 152 valence electrons. The van der Waals surface area contributed by atoms with Crippen LogP contribution in [0.3, 0.4) is 0 Å². The number of carbonyl (C=O) groups is 1. The van der Waals surface area contributed by atoms with Crippen molar-refractivity contribution in [1.82, 2.24) is 13.8 Å². The minimum atomic E-state index is -3.69. The Labute approximate surface area is 171 Å². The van der Waals surface area contributed by atoms with Crippen LogP contribution in [0.25, 0.3) is 0 Å². The molecule has 0 N–H and O–H groups in total. The molecule has 1 aliphatic rings. The topological polar surface area (TPSA) is 62.6 Å². The van der Waals surface area contributed by atoms with Crippen molar-refractivity contribution in [2.24, 2.45) is 0 Å². The average molecular weight is 422 g/mol. The van der Waals surface area contributed by atoms with Gasteiger partial charge in [-0.05, 0) is 50.3 Å². The first-order valence-electron chi connectivity index (χ1n) is 9.60. The van der Waals surface area contributed by atoms with E-state index in [1.807, 2.05) is 4.90 Å². The predicted molar refractivity (Wildman–Crippen MR) is 113 cm³/mol. The standard InChI is InChI=1S/C20H27N3O3S2/c1-3-21(4-2)13-9-14-22-19(24)16-27-20(22)18-12-8-15-23(18)28(25,26)17-10-6-5-7-11-17/h5-8,10-12,15,20H,3-4,9,13-14,16H2,1-2H3. The van der Waals surface area contributed by atoms with Crippen molar-refractivity contribution in [3.8, 4) is 0 Å². The summed E-state index contributed by atoms with van der Waals surface area (Å²) in [6.07, 6.45) is 2.44. The van der Waals surface area contributed by atoms with Crippen molar-refractivity contribution in [2.45, 2.75) is 30.5 Å². The lowest BCUT2D eigenvalue weighted by Crippen LogP contribution is -2.33. The molecule has 8 heteroatoms. The van der Waals surface area contributed by atoms with Gasteiger partial charge < -0.3 is 9.80 Å². The highest BCUT2D eigenvalue weighted by atomic mass is 32.2. The van der Waals surface area contributed by atoms with Gasteiger partial charge in [0.15, 0.2) is 0 Å². The quantitative estimate of drug-likeness (QED) is 0.623. The molecule has 1 atom stereocenters. The predicted octanol–water partition coefficient (Wildman–Crippen LogP) is 3.03. The van der Waals surface area contributed by atoms with Gasteiger partial charge in [-0.25, -0.2) is 12.4 Å². The summed E-state index contributed by atoms with van der Waals surface area (Å²) in [5.74, 6) is 0.450. The van der Waals surface area contributed by atoms with E-state index in [0.29, 0.717) is 18.0 Å². The average Bonchev–Trinajstić information content (AvgIpc) is 3.33. The first-order chi connectivity index (χ1) is 13.5. The molecule has 0 aliphatic carbocycles. The second-order valence-electron chi connectivity index (χ2n) is 6.68. The van der Waals surface area contributed by atoms with Gasteiger partial charge in [0.1, 0.15) is 5.37 Å². The summed E-state index contributed by atoms with van der Waals surface area (Å²) in [7, 11) is -3.69. The molecule has 1 aliphatic heterocycles. The number of amides is 1. The maximum absolute atomic E-state index is 13.1. The van der Waals surface area contributed by atoms with Crippen LogP contribution >= 0.6 is 11.8 Å². The molecule has 1 saturated heterocycles. The molecule has 1 amide bonds. The van der Waals surface area contributed by atoms with Crippen molar-refractivity contribution >= 4 is 27.7 Å². The number of rotatable bonds is 9. The SMILES string of the molecule is CCN(CC)CCCN1C(=O)CSC1c1cccn1S(=O)(=O)c1ccccc1. The van der Waals surface area contributed by atoms with E-state index in [0.717, 1.165) is 26.1 Å². The summed E-state index contributed by atoms with van der Waals surface area (Å²) in [4.78, 5) is 16.8. The van der Waals surface area contributed by atoms with E-state index in [1.54, 1.807) is 48.7 Å². The van der Waals surface area contributed by atoms with E-state index in [9.17, 15) is 13.2 Å². The fraction of sp³-hybridized carbons (Fsp3) is 0.450. The summed E-state index contributed by atoms with van der Waals surface area (Å²) in [6, 6.07) is 11.9. The fourth-order valence-electron chi connectivity index (χ4n) is 3.44. The van der Waals surface area contributed by atoms with Gasteiger partial charge in [0.05, 0.1) is 16.3 Å². The third-order valence-electron chi connectivity index (χ3n) is 5.03. The summed E-state index contributed by atoms with van der Waals surface area (Å²) in [6.45, 7) is 7.79. The van der Waals surface area contributed by atoms with Gasteiger partial charge in [-0.1, -0.05) is 32.0 Å². The Hall–Kier alpha value is -1.77. The molecule has 6 nitrogen and oxygen atoms in total. The Morgan fingerprint density at radius 3 is 2.50 bits per heavy atom. The lowest BCUT2D eigenvalue weighted by molar-refractivity contribution is -0.128. The van der Waals surface area contributed by atoms with Crippen molar-refractivity contribution < 1.29 is 13.2 Å². The smallest absolute Gasteiger partial charge is 0.267 e. The molecule has 1 unspecified atom stereocenters. The monoisotopic (exact) mass is 421 g/mol. The Morgan fingerprint density at radius 1 is 1.11 bits per heavy atom. The number of carbonyl (C=O) groups excluding carboxylic acids is 1. The minimum absolute atomic E-state index is 0.0689. The first-order valence-corrected chi connectivity index (χ1v) is 12.1. The van der Waals surface area contributed by atoms with Crippen LogP contribution in [0.2, 0.25) is 0 Å². The molecular formula is C20H27N3O3S2. The molecule has 1 aromatic carbocycles. The van der Waals surface area contributed by atoms with Crippen molar-refractivity contribution in [2.75, 3.05) is 31.9 Å². The zero-order valence-corrected chi connectivity index (χ0v) is 18.0. The van der Waals surface area contributed by atoms with E-state index in [1.165, 1.54) is 15.7 Å². The van der Waals surface area contributed by atoms with E-state index in [2.05, 4.69) is 18.7 Å². The van der Waals surface area contributed by atoms with Gasteiger partial charge in [0.25, 0.3) is 10.0 Å². The van der Waals surface area contributed by atoms with Crippen LogP contribution in [0.4, 0.5) is 0 Å². The van der Waals surface area contributed by atoms with Gasteiger partial charge in [-0.15, -0.1) is 11.8 Å². The van der Waals surface area contributed by atoms with E-state index < -0.39 is 10.0 Å². The van der Waals surface area contributed by atoms with Gasteiger partial charge in [-0.3, -0.25) is 4.79 Å². The van der Waals surface area contributed by atoms with Crippen LogP contribution in [0, 0.1) is 0 Å². The number of aromatic nitrogens is 1. The van der Waals surface area contributed by atoms with Crippen molar-refractivity contribution in [3.63, 3.8) is 0 Å². The zero-order valence-electron chi connectivity index (χ0n) is 16.3. The van der Waals surface area contributed by atoms with Gasteiger partial charge in [0, 0.05) is 12.7 Å². The third-order valence-corrected chi connectivity index (χ3v) is 7.98. The molecular weight excluding hydrogens is 394 g/mol. The maximum Gasteiger partial charge on any atom is 0.267 e. The second kappa shape index (κ2) is 9.15. The number of hydrogen-bond acceptors (Lipinski definition) is 5. The molecule has 0 spiro atoms. The van der Waals surface area contributed by atoms with Crippen molar-refractivity contribution in [3.05, 3.63) is 54.4 Å². The molecule has 3 rings (SSSR count). The van der Waals surface area contributed by atoms with Gasteiger partial charge in [0.2, 0.25) is 5.91 Å². The van der Waals surface area contributed by atoms with Crippen LogP contribution in [-0.4, -0.2) is 60.0 Å². The number of thioether (sulfide) groups is 1. The van der Waals surface area contributed by atoms with Gasteiger partial charge >= 0.3 is 0 Å². The molecule has 1 aromatic heterocycles. The summed E-state index contributed by atoms with van der Waals surface area (Å²) >= 11 is 1.49. The van der Waals surface area contributed by atoms with E-state index >= 15 is 0 Å². The molecule has 2 aromatic rings. The minimum Gasteiger partial charge on any atom is -0.324 e. The highest BCUT2D eigenvalue weighted by molar-refractivity contribution is 8.00. The molecule has 1 fully saturated rings. The molecule has 2 heterocycles. The Morgan fingerprint density at radius 2 is 1.82 bits per heavy atom. The lowest BCUT2D eigenvalue weighted by Gasteiger charge is -2.26. The van der Waals surface area contributed by atoms with Crippen molar-refractivity contribution in [1.29, 1.82) is 0 Å². The molecule has 0 bridgehead atoms. The fourth-order valence-corrected chi connectivity index (χ4v) is 6.14. The zero-order chi connectivity index (χ0) is 20.1. The van der Waals surface area contributed by atoms with Crippen LogP contribution in [0.5, 0.6) is 0 Å².